The lowest BCUT2D eigenvalue weighted by Crippen LogP contribution is -2.66. The Bertz CT molecular complexity index is 726. The molecule has 1 aliphatic carbocycles. The Labute approximate surface area is 167 Å². The molecule has 0 spiro atoms. The molecule has 0 bridgehead atoms. The van der Waals surface area contributed by atoms with Gasteiger partial charge in [-0.25, -0.2) is 4.18 Å². The first kappa shape index (κ1) is 27.8. The highest BCUT2D eigenvalue weighted by molar-refractivity contribution is 7.89. The largest absolute Gasteiger partial charge is 0.428 e. The van der Waals surface area contributed by atoms with Crippen LogP contribution in [0.3, 0.4) is 0 Å². The summed E-state index contributed by atoms with van der Waals surface area (Å²) < 4.78 is 184. The van der Waals surface area contributed by atoms with E-state index >= 15 is 0 Å². The van der Waals surface area contributed by atoms with Crippen molar-refractivity contribution in [1.82, 2.24) is 0 Å². The van der Waals surface area contributed by atoms with E-state index in [1.165, 1.54) is 0 Å². The van der Waals surface area contributed by atoms with Gasteiger partial charge in [-0.05, 0) is 25.7 Å². The summed E-state index contributed by atoms with van der Waals surface area (Å²) in [6.45, 7) is 2.49. The zero-order valence-electron chi connectivity index (χ0n) is 14.9. The summed E-state index contributed by atoms with van der Waals surface area (Å²) in [4.78, 5) is 0. The fourth-order valence-corrected chi connectivity index (χ4v) is 4.30. The first-order valence-electron chi connectivity index (χ1n) is 8.05. The average molecular weight is 506 g/mol. The fraction of sp³-hybridized carbons (Fsp3) is 0.857. The van der Waals surface area contributed by atoms with Crippen molar-refractivity contribution in [2.45, 2.75) is 61.6 Å². The summed E-state index contributed by atoms with van der Waals surface area (Å²) in [5, 5.41) is 8.93. The van der Waals surface area contributed by atoms with Gasteiger partial charge in [-0.15, -0.1) is 0 Å². The van der Waals surface area contributed by atoms with Crippen molar-refractivity contribution >= 4 is 10.1 Å². The Kier molecular flexibility index (Phi) is 7.15. The lowest BCUT2D eigenvalue weighted by Gasteiger charge is -2.47. The molecular weight excluding hydrogens is 492 g/mol. The molecule has 31 heavy (non-hydrogen) atoms. The van der Waals surface area contributed by atoms with Crippen LogP contribution in [0.1, 0.15) is 25.7 Å². The third-order valence-corrected chi connectivity index (χ3v) is 5.95. The Morgan fingerprint density at radius 2 is 1.03 bits per heavy atom. The van der Waals surface area contributed by atoms with Crippen LogP contribution in [0.4, 0.5) is 52.7 Å². The van der Waals surface area contributed by atoms with Crippen molar-refractivity contribution in [2.75, 3.05) is 0 Å². The molecule has 0 unspecified atom stereocenters. The van der Waals surface area contributed by atoms with Crippen LogP contribution >= 0.6 is 0 Å². The van der Waals surface area contributed by atoms with E-state index in [1.807, 2.05) is 0 Å². The van der Waals surface area contributed by atoms with Crippen LogP contribution in [0.15, 0.2) is 12.0 Å². The topological polar surface area (TPSA) is 63.6 Å². The molecule has 1 fully saturated rings. The highest BCUT2D eigenvalue weighted by atomic mass is 32.2. The van der Waals surface area contributed by atoms with E-state index in [-0.39, 0.29) is 5.41 Å². The maximum Gasteiger partial charge on any atom is 0.428 e. The van der Waals surface area contributed by atoms with Gasteiger partial charge in [0.15, 0.2) is 0 Å². The second-order valence-corrected chi connectivity index (χ2v) is 8.27. The van der Waals surface area contributed by atoms with E-state index in [2.05, 4.69) is 10.8 Å². The molecule has 1 rings (SSSR count). The lowest BCUT2D eigenvalue weighted by molar-refractivity contribution is -0.394. The van der Waals surface area contributed by atoms with Gasteiger partial charge in [0.2, 0.25) is 0 Å². The highest BCUT2D eigenvalue weighted by Gasteiger charge is 2.79. The third-order valence-electron chi connectivity index (χ3n) is 5.05. The van der Waals surface area contributed by atoms with Crippen LogP contribution in [0.25, 0.3) is 0 Å². The standard InChI is InChI=1S/C14H14F12O4S/c1-2-31(28,29)30-10(13(21,22)23,14(24,25)26)8-5-3-7(4-6-8)9(27,11(15,16)17)12(18,19)20/h2,7-8,27H,1,3-6H2. The number of halogens is 12. The first-order chi connectivity index (χ1) is 13.5. The summed E-state index contributed by atoms with van der Waals surface area (Å²) in [6, 6.07) is 0. The molecule has 1 aliphatic rings. The SMILES string of the molecule is C=CS(=O)(=O)OC(C1CCC(C(O)(C(F)(F)F)C(F)(F)F)CC1)(C(F)(F)F)C(F)(F)F. The molecule has 4 nitrogen and oxygen atoms in total. The molecule has 0 radical (unpaired) electrons. The van der Waals surface area contributed by atoms with Crippen molar-refractivity contribution in [3.8, 4) is 0 Å². The van der Waals surface area contributed by atoms with Crippen LogP contribution in [0.5, 0.6) is 0 Å². The molecule has 0 heterocycles. The predicted octanol–water partition coefficient (Wildman–Crippen LogP) is 5.00. The molecule has 1 N–H and O–H groups in total. The van der Waals surface area contributed by atoms with E-state index in [0.29, 0.717) is 0 Å². The smallest absolute Gasteiger partial charge is 0.373 e. The van der Waals surface area contributed by atoms with Crippen LogP contribution in [-0.2, 0) is 14.3 Å². The zero-order chi connectivity index (χ0) is 24.9. The fourth-order valence-electron chi connectivity index (χ4n) is 3.54. The van der Waals surface area contributed by atoms with Crippen molar-refractivity contribution in [3.05, 3.63) is 12.0 Å². The number of rotatable bonds is 5. The van der Waals surface area contributed by atoms with Crippen LogP contribution < -0.4 is 0 Å². The van der Waals surface area contributed by atoms with Crippen LogP contribution in [0.2, 0.25) is 0 Å². The van der Waals surface area contributed by atoms with Crippen LogP contribution in [0, 0.1) is 11.8 Å². The van der Waals surface area contributed by atoms with E-state index < -0.39 is 83.5 Å². The van der Waals surface area contributed by atoms with Gasteiger partial charge in [-0.1, -0.05) is 6.58 Å². The van der Waals surface area contributed by atoms with Crippen molar-refractivity contribution in [1.29, 1.82) is 0 Å². The predicted molar refractivity (Wildman–Crippen MR) is 77.6 cm³/mol. The Hall–Kier alpha value is -1.23. The monoisotopic (exact) mass is 506 g/mol. The van der Waals surface area contributed by atoms with E-state index in [9.17, 15) is 66.2 Å². The average Bonchev–Trinajstić information content (AvgIpc) is 2.55. The molecule has 0 saturated heterocycles. The number of hydrogen-bond donors (Lipinski definition) is 1. The molecule has 0 aromatic heterocycles. The van der Waals surface area contributed by atoms with E-state index in [1.54, 1.807) is 0 Å². The summed E-state index contributed by atoms with van der Waals surface area (Å²) in [5.74, 6) is -5.76. The van der Waals surface area contributed by atoms with Gasteiger partial charge in [0, 0.05) is 11.8 Å². The van der Waals surface area contributed by atoms with Gasteiger partial charge < -0.3 is 5.11 Å². The summed E-state index contributed by atoms with van der Waals surface area (Å²) in [7, 11) is -5.67. The second kappa shape index (κ2) is 7.97. The number of aliphatic hydroxyl groups is 1. The van der Waals surface area contributed by atoms with E-state index in [0.717, 1.165) is 0 Å². The molecule has 0 aliphatic heterocycles. The second-order valence-electron chi connectivity index (χ2n) is 6.78. The summed E-state index contributed by atoms with van der Waals surface area (Å²) in [5.41, 5.74) is -10.8. The Morgan fingerprint density at radius 1 is 0.710 bits per heavy atom. The van der Waals surface area contributed by atoms with Crippen molar-refractivity contribution in [3.63, 3.8) is 0 Å². The minimum atomic E-state index is -6.48. The van der Waals surface area contributed by atoms with Gasteiger partial charge in [-0.2, -0.15) is 61.1 Å². The number of alkyl halides is 12. The minimum absolute atomic E-state index is 0.378. The van der Waals surface area contributed by atoms with E-state index in [4.69, 9.17) is 0 Å². The third kappa shape index (κ3) is 4.77. The molecule has 0 atom stereocenters. The van der Waals surface area contributed by atoms with Crippen molar-refractivity contribution < 1.29 is 70.4 Å². The van der Waals surface area contributed by atoms with Crippen molar-refractivity contribution in [2.24, 2.45) is 11.8 Å². The molecule has 0 aromatic rings. The molecule has 0 aromatic carbocycles. The normalized spacial score (nSPS) is 23.0. The summed E-state index contributed by atoms with van der Waals surface area (Å²) in [6.07, 6.45) is -32.1. The first-order valence-corrected chi connectivity index (χ1v) is 9.52. The van der Waals surface area contributed by atoms with Crippen LogP contribution in [-0.4, -0.2) is 49.4 Å². The lowest BCUT2D eigenvalue weighted by atomic mass is 9.67. The Balaban J connectivity index is 3.46. The maximum absolute atomic E-state index is 13.5. The quantitative estimate of drug-likeness (QED) is 0.421. The van der Waals surface area contributed by atoms with Gasteiger partial charge in [0.25, 0.3) is 21.3 Å². The zero-order valence-corrected chi connectivity index (χ0v) is 15.7. The molecule has 184 valence electrons. The number of hydrogen-bond acceptors (Lipinski definition) is 4. The van der Waals surface area contributed by atoms with Gasteiger partial charge in [0.1, 0.15) is 0 Å². The molecule has 17 heteroatoms. The minimum Gasteiger partial charge on any atom is -0.373 e. The molecule has 1 saturated carbocycles. The molecular formula is C14H14F12O4S. The molecule has 0 amide bonds. The van der Waals surface area contributed by atoms with Gasteiger partial charge >= 0.3 is 24.7 Å². The summed E-state index contributed by atoms with van der Waals surface area (Å²) >= 11 is 0. The maximum atomic E-state index is 13.5. The van der Waals surface area contributed by atoms with Gasteiger partial charge in [-0.3, -0.25) is 0 Å². The highest BCUT2D eigenvalue weighted by Crippen LogP contribution is 2.58. The Morgan fingerprint density at radius 3 is 1.29 bits per heavy atom. The van der Waals surface area contributed by atoms with Gasteiger partial charge in [0.05, 0.1) is 5.41 Å².